The number of aromatic nitrogens is 5. The summed E-state index contributed by atoms with van der Waals surface area (Å²) < 4.78 is 0. The molecule has 0 aromatic carbocycles. The number of hydrogen-bond donors (Lipinski definition) is 3. The van der Waals surface area contributed by atoms with Crippen LogP contribution >= 0.6 is 11.3 Å². The minimum absolute atomic E-state index is 0.193. The standard InChI is InChI=1S/C15H14N7OS/c1-15(2)5-7-6-18-13(16)19-9(7)10-8(15)11(22-21-10)12(23)20-14-17-3-4-24-14/h4,6H,5H2,1-2H3,(H,21,22)(H2,16,18,19)(H,17,20,23). The van der Waals surface area contributed by atoms with Gasteiger partial charge < -0.3 is 5.73 Å². The molecule has 0 saturated carbocycles. The van der Waals surface area contributed by atoms with Crippen molar-refractivity contribution in [2.45, 2.75) is 25.7 Å². The third kappa shape index (κ3) is 2.24. The normalized spacial score (nSPS) is 14.8. The van der Waals surface area contributed by atoms with Crippen LogP contribution in [0.2, 0.25) is 0 Å². The van der Waals surface area contributed by atoms with Crippen LogP contribution in [-0.2, 0) is 11.8 Å². The van der Waals surface area contributed by atoms with Crippen LogP contribution in [0.3, 0.4) is 0 Å². The van der Waals surface area contributed by atoms with Gasteiger partial charge in [0.1, 0.15) is 6.20 Å². The summed E-state index contributed by atoms with van der Waals surface area (Å²) in [6, 6.07) is 0. The first-order valence-electron chi connectivity index (χ1n) is 7.29. The van der Waals surface area contributed by atoms with Crippen LogP contribution in [0.1, 0.15) is 35.5 Å². The molecule has 24 heavy (non-hydrogen) atoms. The quantitative estimate of drug-likeness (QED) is 0.653. The summed E-state index contributed by atoms with van der Waals surface area (Å²) in [4.78, 5) is 24.9. The summed E-state index contributed by atoms with van der Waals surface area (Å²) in [5.74, 6) is -0.118. The molecule has 4 N–H and O–H groups in total. The first kappa shape index (κ1) is 14.8. The number of carbonyl (C=O) groups excluding carboxylic acids is 1. The van der Waals surface area contributed by atoms with Gasteiger partial charge in [0.15, 0.2) is 10.8 Å². The maximum absolute atomic E-state index is 12.6. The van der Waals surface area contributed by atoms with E-state index in [-0.39, 0.29) is 17.3 Å². The fourth-order valence-electron chi connectivity index (χ4n) is 3.07. The molecule has 0 spiro atoms. The molecule has 0 unspecified atom stereocenters. The monoisotopic (exact) mass is 340 g/mol. The summed E-state index contributed by atoms with van der Waals surface area (Å²) in [7, 11) is 0. The second-order valence-corrected chi connectivity index (χ2v) is 7.08. The number of carbonyl (C=O) groups is 1. The molecule has 8 nitrogen and oxygen atoms in total. The Morgan fingerprint density at radius 2 is 2.33 bits per heavy atom. The Balaban J connectivity index is 1.82. The van der Waals surface area contributed by atoms with E-state index in [0.717, 1.165) is 11.1 Å². The average Bonchev–Trinajstić information content (AvgIpc) is 3.17. The largest absolute Gasteiger partial charge is 0.368 e. The Bertz CT molecular complexity index is 929. The minimum atomic E-state index is -0.311. The molecular weight excluding hydrogens is 326 g/mol. The second-order valence-electron chi connectivity index (χ2n) is 6.22. The summed E-state index contributed by atoms with van der Waals surface area (Å²) in [5.41, 5.74) is 8.98. The van der Waals surface area contributed by atoms with E-state index >= 15 is 0 Å². The van der Waals surface area contributed by atoms with E-state index in [1.54, 1.807) is 11.6 Å². The van der Waals surface area contributed by atoms with Crippen molar-refractivity contribution >= 4 is 28.3 Å². The number of fused-ring (bicyclic) bond motifs is 3. The van der Waals surface area contributed by atoms with E-state index in [1.807, 2.05) is 0 Å². The topological polar surface area (TPSA) is 122 Å². The highest BCUT2D eigenvalue weighted by Crippen LogP contribution is 2.42. The van der Waals surface area contributed by atoms with Gasteiger partial charge in [-0.3, -0.25) is 15.2 Å². The predicted molar refractivity (Wildman–Crippen MR) is 89.7 cm³/mol. The SMILES string of the molecule is CC1(C)Cc2cnc(N)nc2-c2[nH]nc(C(=O)Nc3n[c]cs3)c21. The molecule has 3 aromatic heterocycles. The number of H-pyrrole nitrogens is 1. The van der Waals surface area contributed by atoms with Crippen LogP contribution in [0.15, 0.2) is 11.6 Å². The first-order chi connectivity index (χ1) is 11.5. The lowest BCUT2D eigenvalue weighted by atomic mass is 9.73. The summed E-state index contributed by atoms with van der Waals surface area (Å²) in [6.07, 6.45) is 5.10. The number of anilines is 2. The van der Waals surface area contributed by atoms with E-state index in [2.05, 4.69) is 50.5 Å². The van der Waals surface area contributed by atoms with Gasteiger partial charge in [-0.25, -0.2) is 15.0 Å². The zero-order valence-electron chi connectivity index (χ0n) is 13.0. The number of thiazole rings is 1. The zero-order valence-corrected chi connectivity index (χ0v) is 13.9. The Morgan fingerprint density at radius 1 is 1.50 bits per heavy atom. The number of hydrogen-bond acceptors (Lipinski definition) is 7. The summed E-state index contributed by atoms with van der Waals surface area (Å²) >= 11 is 1.30. The van der Waals surface area contributed by atoms with Crippen molar-refractivity contribution in [2.24, 2.45) is 0 Å². The Labute approximate surface area is 141 Å². The van der Waals surface area contributed by atoms with E-state index in [1.165, 1.54) is 11.3 Å². The van der Waals surface area contributed by atoms with Gasteiger partial charge >= 0.3 is 0 Å². The lowest BCUT2D eigenvalue weighted by Crippen LogP contribution is -2.29. The van der Waals surface area contributed by atoms with Crippen molar-refractivity contribution in [1.82, 2.24) is 25.1 Å². The maximum Gasteiger partial charge on any atom is 0.278 e. The molecule has 0 fully saturated rings. The fourth-order valence-corrected chi connectivity index (χ4v) is 3.55. The van der Waals surface area contributed by atoms with E-state index in [0.29, 0.717) is 28.6 Å². The van der Waals surface area contributed by atoms with Crippen LogP contribution < -0.4 is 11.1 Å². The van der Waals surface area contributed by atoms with Crippen LogP contribution in [0.25, 0.3) is 11.4 Å². The van der Waals surface area contributed by atoms with E-state index in [4.69, 9.17) is 5.73 Å². The zero-order chi connectivity index (χ0) is 16.9. The third-order valence-corrected chi connectivity index (χ3v) is 4.66. The van der Waals surface area contributed by atoms with Gasteiger partial charge in [0.25, 0.3) is 5.91 Å². The highest BCUT2D eigenvalue weighted by atomic mass is 32.1. The number of amides is 1. The van der Waals surface area contributed by atoms with Gasteiger partial charge in [-0.05, 0) is 17.4 Å². The van der Waals surface area contributed by atoms with Gasteiger partial charge in [0.2, 0.25) is 5.95 Å². The maximum atomic E-state index is 12.6. The van der Waals surface area contributed by atoms with Crippen LogP contribution in [0, 0.1) is 6.20 Å². The number of nitrogen functional groups attached to an aromatic ring is 1. The van der Waals surface area contributed by atoms with Crippen molar-refractivity contribution in [2.75, 3.05) is 11.1 Å². The Kier molecular flexibility index (Phi) is 3.14. The minimum Gasteiger partial charge on any atom is -0.368 e. The molecule has 3 aromatic rings. The smallest absolute Gasteiger partial charge is 0.278 e. The third-order valence-electron chi connectivity index (χ3n) is 4.02. The second kappa shape index (κ2) is 5.10. The molecule has 3 heterocycles. The van der Waals surface area contributed by atoms with Crippen LogP contribution in [-0.4, -0.2) is 31.1 Å². The lowest BCUT2D eigenvalue weighted by molar-refractivity contribution is 0.102. The van der Waals surface area contributed by atoms with Crippen molar-refractivity contribution in [1.29, 1.82) is 0 Å². The summed E-state index contributed by atoms with van der Waals surface area (Å²) in [6.45, 7) is 4.13. The van der Waals surface area contributed by atoms with Crippen molar-refractivity contribution in [3.05, 3.63) is 34.6 Å². The fraction of sp³-hybridized carbons (Fsp3) is 0.267. The van der Waals surface area contributed by atoms with Crippen LogP contribution in [0.4, 0.5) is 11.1 Å². The van der Waals surface area contributed by atoms with Gasteiger partial charge in [0.05, 0.1) is 11.4 Å². The number of aromatic amines is 1. The van der Waals surface area contributed by atoms with Crippen molar-refractivity contribution < 1.29 is 4.79 Å². The highest BCUT2D eigenvalue weighted by Gasteiger charge is 2.38. The van der Waals surface area contributed by atoms with Crippen molar-refractivity contribution in [3.8, 4) is 11.4 Å². The Morgan fingerprint density at radius 3 is 3.08 bits per heavy atom. The number of nitrogens with zero attached hydrogens (tertiary/aromatic N) is 4. The van der Waals surface area contributed by atoms with Gasteiger partial charge in [0, 0.05) is 17.1 Å². The predicted octanol–water partition coefficient (Wildman–Crippen LogP) is 1.79. The molecule has 0 aliphatic heterocycles. The highest BCUT2D eigenvalue weighted by molar-refractivity contribution is 7.13. The lowest BCUT2D eigenvalue weighted by Gasteiger charge is -2.31. The molecule has 121 valence electrons. The molecule has 0 bridgehead atoms. The van der Waals surface area contributed by atoms with Crippen molar-refractivity contribution in [3.63, 3.8) is 0 Å². The van der Waals surface area contributed by atoms with Crippen LogP contribution in [0.5, 0.6) is 0 Å². The first-order valence-corrected chi connectivity index (χ1v) is 8.17. The molecule has 0 atom stereocenters. The molecule has 1 amide bonds. The molecule has 4 rings (SSSR count). The van der Waals surface area contributed by atoms with Gasteiger partial charge in [-0.2, -0.15) is 5.10 Å². The number of rotatable bonds is 2. The molecule has 9 heteroatoms. The molecular formula is C15H14N7OS. The molecule has 1 aliphatic carbocycles. The molecule has 0 saturated heterocycles. The van der Waals surface area contributed by atoms with Gasteiger partial charge in [-0.15, -0.1) is 11.3 Å². The molecule has 1 radical (unpaired) electrons. The van der Waals surface area contributed by atoms with E-state index < -0.39 is 0 Å². The number of nitrogens with two attached hydrogens (primary N) is 1. The average molecular weight is 340 g/mol. The van der Waals surface area contributed by atoms with E-state index in [9.17, 15) is 4.79 Å². The summed E-state index contributed by atoms with van der Waals surface area (Å²) in [5, 5.41) is 12.1. The molecule has 1 aliphatic rings. The van der Waals surface area contributed by atoms with Gasteiger partial charge in [-0.1, -0.05) is 13.8 Å². The number of nitrogens with one attached hydrogen (secondary N) is 2. The Hall–Kier alpha value is -2.81.